The zero-order chi connectivity index (χ0) is 23.4. The van der Waals surface area contributed by atoms with Crippen molar-refractivity contribution in [3.8, 4) is 0 Å². The summed E-state index contributed by atoms with van der Waals surface area (Å²) in [6, 6.07) is 13.4. The van der Waals surface area contributed by atoms with E-state index in [9.17, 15) is 14.4 Å². The molecule has 2 heterocycles. The molecular weight excluding hydrogens is 446 g/mol. The number of hydrogen-bond donors (Lipinski definition) is 1. The third kappa shape index (κ3) is 4.93. The summed E-state index contributed by atoms with van der Waals surface area (Å²) < 4.78 is 7.71. The number of methoxy groups -OCH3 is 1. The van der Waals surface area contributed by atoms with Gasteiger partial charge in [-0.25, -0.2) is 14.5 Å². The number of carbonyl (C=O) groups excluding carboxylic acids is 2. The topological polar surface area (TPSA) is 108 Å². The number of esters is 1. The fourth-order valence-electron chi connectivity index (χ4n) is 3.36. The number of carbonyl (C=O) groups is 2. The Kier molecular flexibility index (Phi) is 6.50. The Bertz CT molecular complexity index is 1380. The summed E-state index contributed by atoms with van der Waals surface area (Å²) in [5.74, 6) is -0.758. The molecule has 0 aliphatic rings. The molecule has 0 spiro atoms. The van der Waals surface area contributed by atoms with Gasteiger partial charge in [-0.3, -0.25) is 14.2 Å². The van der Waals surface area contributed by atoms with Crippen LogP contribution in [0.25, 0.3) is 11.0 Å². The van der Waals surface area contributed by atoms with Gasteiger partial charge in [0.2, 0.25) is 0 Å². The third-order valence-electron chi connectivity index (χ3n) is 5.04. The molecule has 0 aliphatic heterocycles. The summed E-state index contributed by atoms with van der Waals surface area (Å²) in [6.07, 6.45) is 2.96. The second-order valence-corrected chi connectivity index (χ2v) is 7.67. The molecule has 0 atom stereocenters. The van der Waals surface area contributed by atoms with Crippen molar-refractivity contribution >= 4 is 34.5 Å². The van der Waals surface area contributed by atoms with Gasteiger partial charge < -0.3 is 10.1 Å². The van der Waals surface area contributed by atoms with Crippen LogP contribution in [0.5, 0.6) is 0 Å². The number of fused-ring (bicyclic) bond motifs is 1. The standard InChI is InChI=1S/C23H20ClN5O4/c1-33-23(32)17-7-5-16(6-8-17)21(30)25-9-10-29-20-19(12-27-29)22(31)28(14-26-20)13-15-3-2-4-18(24)11-15/h2-8,11-12,14H,9-10,13H2,1H3,(H,25,30). The van der Waals surface area contributed by atoms with Crippen LogP contribution in [0.15, 0.2) is 65.8 Å². The molecule has 0 bridgehead atoms. The fraction of sp³-hybridized carbons (Fsp3) is 0.174. The summed E-state index contributed by atoms with van der Waals surface area (Å²) in [6.45, 7) is 0.959. The van der Waals surface area contributed by atoms with Crippen LogP contribution < -0.4 is 10.9 Å². The Morgan fingerprint density at radius 1 is 1.12 bits per heavy atom. The molecule has 0 saturated heterocycles. The van der Waals surface area contributed by atoms with Crippen LogP contribution in [-0.2, 0) is 17.8 Å². The maximum absolute atomic E-state index is 12.8. The molecule has 2 aromatic carbocycles. The van der Waals surface area contributed by atoms with E-state index in [0.717, 1.165) is 5.56 Å². The van der Waals surface area contributed by atoms with Crippen LogP contribution in [0, 0.1) is 0 Å². The molecule has 1 N–H and O–H groups in total. The number of amides is 1. The number of benzene rings is 2. The number of nitrogens with zero attached hydrogens (tertiary/aromatic N) is 4. The second-order valence-electron chi connectivity index (χ2n) is 7.24. The van der Waals surface area contributed by atoms with Crippen molar-refractivity contribution in [2.75, 3.05) is 13.7 Å². The van der Waals surface area contributed by atoms with Gasteiger partial charge >= 0.3 is 5.97 Å². The van der Waals surface area contributed by atoms with E-state index >= 15 is 0 Å². The Morgan fingerprint density at radius 3 is 2.61 bits per heavy atom. The molecule has 4 aromatic rings. The number of aromatic nitrogens is 4. The van der Waals surface area contributed by atoms with Crippen molar-refractivity contribution in [1.29, 1.82) is 0 Å². The summed E-state index contributed by atoms with van der Waals surface area (Å²) in [4.78, 5) is 41.0. The Balaban J connectivity index is 1.41. The van der Waals surface area contributed by atoms with Gasteiger partial charge in [-0.15, -0.1) is 0 Å². The van der Waals surface area contributed by atoms with Gasteiger partial charge in [0.1, 0.15) is 11.7 Å². The maximum atomic E-state index is 12.8. The molecule has 0 fully saturated rings. The lowest BCUT2D eigenvalue weighted by Gasteiger charge is -2.08. The van der Waals surface area contributed by atoms with E-state index in [2.05, 4.69) is 20.1 Å². The van der Waals surface area contributed by atoms with Crippen LogP contribution in [0.4, 0.5) is 0 Å². The highest BCUT2D eigenvalue weighted by Gasteiger charge is 2.12. The van der Waals surface area contributed by atoms with E-state index in [1.54, 1.807) is 28.9 Å². The first-order valence-corrected chi connectivity index (χ1v) is 10.5. The number of rotatable bonds is 7. The lowest BCUT2D eigenvalue weighted by atomic mass is 10.1. The second kappa shape index (κ2) is 9.66. The smallest absolute Gasteiger partial charge is 0.337 e. The van der Waals surface area contributed by atoms with Crippen molar-refractivity contribution in [3.05, 3.63) is 93.1 Å². The van der Waals surface area contributed by atoms with Crippen LogP contribution in [0.3, 0.4) is 0 Å². The van der Waals surface area contributed by atoms with Crippen molar-refractivity contribution in [2.45, 2.75) is 13.1 Å². The molecule has 10 heteroatoms. The van der Waals surface area contributed by atoms with Crippen LogP contribution in [0.2, 0.25) is 5.02 Å². The quantitative estimate of drug-likeness (QED) is 0.420. The van der Waals surface area contributed by atoms with Crippen molar-refractivity contribution in [2.24, 2.45) is 0 Å². The summed E-state index contributed by atoms with van der Waals surface area (Å²) >= 11 is 6.02. The van der Waals surface area contributed by atoms with Crippen LogP contribution in [-0.4, -0.2) is 44.9 Å². The molecule has 0 radical (unpaired) electrons. The molecule has 9 nitrogen and oxygen atoms in total. The highest BCUT2D eigenvalue weighted by atomic mass is 35.5. The normalized spacial score (nSPS) is 10.8. The molecular formula is C23H20ClN5O4. The average Bonchev–Trinajstić information content (AvgIpc) is 3.24. The van der Waals surface area contributed by atoms with Gasteiger partial charge in [-0.2, -0.15) is 5.10 Å². The van der Waals surface area contributed by atoms with Gasteiger partial charge in [0, 0.05) is 17.1 Å². The van der Waals surface area contributed by atoms with E-state index in [-0.39, 0.29) is 18.0 Å². The van der Waals surface area contributed by atoms with E-state index in [1.807, 2.05) is 12.1 Å². The van der Waals surface area contributed by atoms with Gasteiger partial charge in [0.05, 0.1) is 32.0 Å². The molecule has 0 saturated carbocycles. The number of ether oxygens (including phenoxy) is 1. The average molecular weight is 466 g/mol. The number of nitrogens with one attached hydrogen (secondary N) is 1. The Labute approximate surface area is 193 Å². The molecule has 2 aromatic heterocycles. The fourth-order valence-corrected chi connectivity index (χ4v) is 3.57. The molecule has 168 valence electrons. The lowest BCUT2D eigenvalue weighted by molar-refractivity contribution is 0.0600. The Morgan fingerprint density at radius 2 is 1.88 bits per heavy atom. The highest BCUT2D eigenvalue weighted by Crippen LogP contribution is 2.12. The first-order chi connectivity index (χ1) is 16.0. The largest absolute Gasteiger partial charge is 0.465 e. The molecule has 4 rings (SSSR count). The third-order valence-corrected chi connectivity index (χ3v) is 5.28. The van der Waals surface area contributed by atoms with Gasteiger partial charge in [-0.05, 0) is 42.0 Å². The molecule has 0 unspecified atom stereocenters. The van der Waals surface area contributed by atoms with Gasteiger partial charge in [0.25, 0.3) is 11.5 Å². The first-order valence-electron chi connectivity index (χ1n) is 10.1. The minimum Gasteiger partial charge on any atom is -0.465 e. The van der Waals surface area contributed by atoms with E-state index in [1.165, 1.54) is 36.3 Å². The minimum absolute atomic E-state index is 0.207. The lowest BCUT2D eigenvalue weighted by Crippen LogP contribution is -2.28. The van der Waals surface area contributed by atoms with E-state index in [4.69, 9.17) is 11.6 Å². The number of hydrogen-bond acceptors (Lipinski definition) is 6. The van der Waals surface area contributed by atoms with Crippen LogP contribution >= 0.6 is 11.6 Å². The maximum Gasteiger partial charge on any atom is 0.337 e. The summed E-state index contributed by atoms with van der Waals surface area (Å²) in [7, 11) is 1.30. The van der Waals surface area contributed by atoms with Crippen molar-refractivity contribution in [1.82, 2.24) is 24.6 Å². The van der Waals surface area contributed by atoms with Crippen molar-refractivity contribution < 1.29 is 14.3 Å². The van der Waals surface area contributed by atoms with Gasteiger partial charge in [0.15, 0.2) is 5.65 Å². The van der Waals surface area contributed by atoms with Crippen LogP contribution in [0.1, 0.15) is 26.3 Å². The van der Waals surface area contributed by atoms with E-state index in [0.29, 0.717) is 40.3 Å². The number of halogens is 1. The minimum atomic E-state index is -0.466. The highest BCUT2D eigenvalue weighted by molar-refractivity contribution is 6.30. The zero-order valence-corrected chi connectivity index (χ0v) is 18.5. The summed E-state index contributed by atoms with van der Waals surface area (Å²) in [5, 5.41) is 8.03. The predicted octanol–water partition coefficient (Wildman–Crippen LogP) is 2.51. The molecule has 0 aliphatic carbocycles. The SMILES string of the molecule is COC(=O)c1ccc(C(=O)NCCn2ncc3c(=O)n(Cc4cccc(Cl)c4)cnc32)cc1. The Hall–Kier alpha value is -3.98. The molecule has 33 heavy (non-hydrogen) atoms. The zero-order valence-electron chi connectivity index (χ0n) is 17.7. The predicted molar refractivity (Wildman–Crippen MR) is 122 cm³/mol. The van der Waals surface area contributed by atoms with Crippen molar-refractivity contribution in [3.63, 3.8) is 0 Å². The first kappa shape index (κ1) is 22.2. The van der Waals surface area contributed by atoms with E-state index < -0.39 is 5.97 Å². The summed E-state index contributed by atoms with van der Waals surface area (Å²) in [5.41, 5.74) is 1.90. The monoisotopic (exact) mass is 465 g/mol. The van der Waals surface area contributed by atoms with Gasteiger partial charge in [-0.1, -0.05) is 23.7 Å². The molecule has 1 amide bonds.